The number of ether oxygens (including phenoxy) is 1. The molecule has 112 valence electrons. The van der Waals surface area contributed by atoms with Crippen molar-refractivity contribution < 1.29 is 19.1 Å². The molecule has 0 aromatic heterocycles. The van der Waals surface area contributed by atoms with Crippen molar-refractivity contribution in [3.05, 3.63) is 35.9 Å². The summed E-state index contributed by atoms with van der Waals surface area (Å²) in [5, 5.41) is 2.26. The van der Waals surface area contributed by atoms with Crippen LogP contribution in [0.5, 0.6) is 0 Å². The number of hydrogen-bond acceptors (Lipinski definition) is 5. The van der Waals surface area contributed by atoms with Gasteiger partial charge in [-0.1, -0.05) is 30.3 Å². The Morgan fingerprint density at radius 1 is 1.38 bits per heavy atom. The van der Waals surface area contributed by atoms with E-state index in [9.17, 15) is 14.4 Å². The summed E-state index contributed by atoms with van der Waals surface area (Å²) in [6.45, 7) is 3.60. The first-order valence-electron chi connectivity index (χ1n) is 6.85. The zero-order valence-corrected chi connectivity index (χ0v) is 12.0. The van der Waals surface area contributed by atoms with Crippen LogP contribution in [0.3, 0.4) is 0 Å². The van der Waals surface area contributed by atoms with Crippen LogP contribution in [-0.4, -0.2) is 41.9 Å². The van der Waals surface area contributed by atoms with Crippen molar-refractivity contribution in [2.24, 2.45) is 0 Å². The van der Waals surface area contributed by atoms with Gasteiger partial charge in [-0.15, -0.1) is 0 Å². The van der Waals surface area contributed by atoms with E-state index in [1.54, 1.807) is 43.0 Å². The van der Waals surface area contributed by atoms with Gasteiger partial charge in [0.25, 0.3) is 0 Å². The summed E-state index contributed by atoms with van der Waals surface area (Å²) in [4.78, 5) is 37.3. The first-order chi connectivity index (χ1) is 10.0. The number of nitrogens with one attached hydrogen (secondary N) is 1. The second-order valence-electron chi connectivity index (χ2n) is 4.83. The van der Waals surface area contributed by atoms with Gasteiger partial charge in [0, 0.05) is 0 Å². The van der Waals surface area contributed by atoms with Crippen LogP contribution in [-0.2, 0) is 19.1 Å². The first-order valence-corrected chi connectivity index (χ1v) is 6.85. The topological polar surface area (TPSA) is 75.7 Å². The smallest absolute Gasteiger partial charge is 0.328 e. The van der Waals surface area contributed by atoms with Gasteiger partial charge in [0.1, 0.15) is 6.04 Å². The van der Waals surface area contributed by atoms with Crippen molar-refractivity contribution in [3.8, 4) is 0 Å². The molecule has 0 bridgehead atoms. The molecular weight excluding hydrogens is 272 g/mol. The number of imide groups is 1. The van der Waals surface area contributed by atoms with E-state index in [0.717, 1.165) is 0 Å². The summed E-state index contributed by atoms with van der Waals surface area (Å²) in [5.41, 5.74) is 0.699. The van der Waals surface area contributed by atoms with Crippen LogP contribution in [0.15, 0.2) is 30.3 Å². The molecule has 0 aliphatic carbocycles. The summed E-state index contributed by atoms with van der Waals surface area (Å²) < 4.78 is 5.11. The average Bonchev–Trinajstić information content (AvgIpc) is 2.46. The fourth-order valence-electron chi connectivity index (χ4n) is 2.37. The van der Waals surface area contributed by atoms with Crippen molar-refractivity contribution in [2.75, 3.05) is 13.2 Å². The van der Waals surface area contributed by atoms with Crippen molar-refractivity contribution in [1.82, 2.24) is 10.2 Å². The van der Waals surface area contributed by atoms with E-state index in [-0.39, 0.29) is 13.2 Å². The number of benzene rings is 1. The van der Waals surface area contributed by atoms with Crippen LogP contribution in [0.1, 0.15) is 25.5 Å². The van der Waals surface area contributed by atoms with Crippen molar-refractivity contribution in [3.63, 3.8) is 0 Å². The minimum absolute atomic E-state index is 0.0225. The quantitative estimate of drug-likeness (QED) is 0.650. The van der Waals surface area contributed by atoms with Crippen LogP contribution >= 0.6 is 0 Å². The highest BCUT2D eigenvalue weighted by Crippen LogP contribution is 2.25. The lowest BCUT2D eigenvalue weighted by Crippen LogP contribution is -2.58. The molecule has 1 heterocycles. The van der Waals surface area contributed by atoms with Crippen LogP contribution in [0.25, 0.3) is 0 Å². The molecule has 1 saturated heterocycles. The third-order valence-electron chi connectivity index (χ3n) is 3.42. The molecule has 2 amide bonds. The lowest BCUT2D eigenvalue weighted by molar-refractivity contribution is -0.154. The fraction of sp³-hybridized carbons (Fsp3) is 0.400. The maximum absolute atomic E-state index is 12.3. The van der Waals surface area contributed by atoms with Gasteiger partial charge in [-0.2, -0.15) is 0 Å². The van der Waals surface area contributed by atoms with Gasteiger partial charge in [-0.25, -0.2) is 4.79 Å². The predicted molar refractivity (Wildman–Crippen MR) is 75.1 cm³/mol. The van der Waals surface area contributed by atoms with E-state index in [4.69, 9.17) is 4.74 Å². The monoisotopic (exact) mass is 290 g/mol. The summed E-state index contributed by atoms with van der Waals surface area (Å²) in [5.74, 6) is -1.28. The predicted octanol–water partition coefficient (Wildman–Crippen LogP) is 0.638. The van der Waals surface area contributed by atoms with Crippen molar-refractivity contribution in [1.29, 1.82) is 0 Å². The molecule has 1 fully saturated rings. The fourth-order valence-corrected chi connectivity index (χ4v) is 2.37. The zero-order valence-electron chi connectivity index (χ0n) is 12.0. The van der Waals surface area contributed by atoms with Gasteiger partial charge >= 0.3 is 5.97 Å². The lowest BCUT2D eigenvalue weighted by Gasteiger charge is -2.36. The Hall–Kier alpha value is -2.21. The number of nitrogens with zero attached hydrogens (tertiary/aromatic N) is 1. The molecule has 2 unspecified atom stereocenters. The molecular formula is C15H18N2O4. The molecule has 6 heteroatoms. The highest BCUT2D eigenvalue weighted by Gasteiger charge is 2.39. The van der Waals surface area contributed by atoms with E-state index in [0.29, 0.717) is 5.56 Å². The summed E-state index contributed by atoms with van der Waals surface area (Å²) in [6, 6.07) is 7.66. The molecule has 1 N–H and O–H groups in total. The lowest BCUT2D eigenvalue weighted by atomic mass is 10.0. The van der Waals surface area contributed by atoms with E-state index in [2.05, 4.69) is 5.32 Å². The minimum Gasteiger partial charge on any atom is -0.465 e. The molecule has 1 aromatic rings. The number of carbonyl (C=O) groups is 3. The van der Waals surface area contributed by atoms with E-state index < -0.39 is 29.9 Å². The highest BCUT2D eigenvalue weighted by atomic mass is 16.5. The zero-order chi connectivity index (χ0) is 15.4. The Labute approximate surface area is 123 Å². The molecule has 0 spiro atoms. The largest absolute Gasteiger partial charge is 0.465 e. The van der Waals surface area contributed by atoms with Gasteiger partial charge in [-0.3, -0.25) is 19.8 Å². The SMILES string of the molecule is CCOC(=O)C(c1ccccc1)N1CC(=O)NC(=O)C1C. The molecule has 1 aliphatic heterocycles. The number of hydrogen-bond donors (Lipinski definition) is 1. The third-order valence-corrected chi connectivity index (χ3v) is 3.42. The molecule has 1 aromatic carbocycles. The minimum atomic E-state index is -0.767. The van der Waals surface area contributed by atoms with Crippen LogP contribution in [0.2, 0.25) is 0 Å². The molecule has 0 saturated carbocycles. The second kappa shape index (κ2) is 6.49. The second-order valence-corrected chi connectivity index (χ2v) is 4.83. The average molecular weight is 290 g/mol. The number of rotatable bonds is 4. The maximum atomic E-state index is 12.3. The number of piperazine rings is 1. The summed E-state index contributed by atoms with van der Waals surface area (Å²) in [6.07, 6.45) is 0. The van der Waals surface area contributed by atoms with Crippen LogP contribution in [0, 0.1) is 0 Å². The number of amides is 2. The first kappa shape index (κ1) is 15.2. The van der Waals surface area contributed by atoms with Gasteiger partial charge in [0.2, 0.25) is 11.8 Å². The maximum Gasteiger partial charge on any atom is 0.328 e. The van der Waals surface area contributed by atoms with E-state index >= 15 is 0 Å². The highest BCUT2D eigenvalue weighted by molar-refractivity contribution is 6.01. The van der Waals surface area contributed by atoms with Crippen molar-refractivity contribution >= 4 is 17.8 Å². The Morgan fingerprint density at radius 3 is 2.67 bits per heavy atom. The Bertz CT molecular complexity index is 544. The van der Waals surface area contributed by atoms with Gasteiger partial charge in [-0.05, 0) is 19.4 Å². The van der Waals surface area contributed by atoms with Gasteiger partial charge in [0.05, 0.1) is 19.2 Å². The molecule has 0 radical (unpaired) electrons. The normalized spacial score (nSPS) is 20.8. The Balaban J connectivity index is 2.37. The van der Waals surface area contributed by atoms with Crippen LogP contribution in [0.4, 0.5) is 0 Å². The molecule has 6 nitrogen and oxygen atoms in total. The number of esters is 1. The summed E-state index contributed by atoms with van der Waals surface area (Å²) >= 11 is 0. The number of carbonyl (C=O) groups excluding carboxylic acids is 3. The van der Waals surface area contributed by atoms with E-state index in [1.807, 2.05) is 6.07 Å². The molecule has 2 atom stereocenters. The Kier molecular flexibility index (Phi) is 4.70. The molecule has 1 aliphatic rings. The van der Waals surface area contributed by atoms with Crippen LogP contribution < -0.4 is 5.32 Å². The third kappa shape index (κ3) is 3.28. The molecule has 2 rings (SSSR count). The molecule has 21 heavy (non-hydrogen) atoms. The standard InChI is InChI=1S/C15H18N2O4/c1-3-21-15(20)13(11-7-5-4-6-8-11)17-9-12(18)16-14(19)10(17)2/h4-8,10,13H,3,9H2,1-2H3,(H,16,18,19). The summed E-state index contributed by atoms with van der Waals surface area (Å²) in [7, 11) is 0. The van der Waals surface area contributed by atoms with Gasteiger partial charge < -0.3 is 4.74 Å². The van der Waals surface area contributed by atoms with E-state index in [1.165, 1.54) is 0 Å². The van der Waals surface area contributed by atoms with Crippen molar-refractivity contribution in [2.45, 2.75) is 25.9 Å². The Morgan fingerprint density at radius 2 is 2.05 bits per heavy atom. The van der Waals surface area contributed by atoms with Gasteiger partial charge in [0.15, 0.2) is 0 Å².